The number of esters is 1. The summed E-state index contributed by atoms with van der Waals surface area (Å²) in [5, 5.41) is 2.76. The highest BCUT2D eigenvalue weighted by atomic mass is 16.6. The number of carbonyl (C=O) groups is 2. The number of carbonyl (C=O) groups excluding carboxylic acids is 2. The highest BCUT2D eigenvalue weighted by Gasteiger charge is 2.22. The van der Waals surface area contributed by atoms with Crippen molar-refractivity contribution in [1.29, 1.82) is 0 Å². The Bertz CT molecular complexity index is 766. The van der Waals surface area contributed by atoms with E-state index in [1.165, 1.54) is 6.92 Å². The van der Waals surface area contributed by atoms with Gasteiger partial charge in [-0.2, -0.15) is 0 Å². The maximum absolute atomic E-state index is 11.9. The van der Waals surface area contributed by atoms with Gasteiger partial charge < -0.3 is 19.5 Å². The molecule has 0 fully saturated rings. The first-order chi connectivity index (χ1) is 13.2. The minimum Gasteiger partial charge on any atom is -0.489 e. The third kappa shape index (κ3) is 7.70. The largest absolute Gasteiger partial charge is 0.489 e. The van der Waals surface area contributed by atoms with Crippen LogP contribution in [0.15, 0.2) is 54.6 Å². The minimum absolute atomic E-state index is 0.280. The summed E-state index contributed by atoms with van der Waals surface area (Å²) in [5.41, 5.74) is 0.689. The van der Waals surface area contributed by atoms with Crippen LogP contribution in [0.5, 0.6) is 11.5 Å². The van der Waals surface area contributed by atoms with E-state index in [9.17, 15) is 9.59 Å². The second-order valence-corrected chi connectivity index (χ2v) is 7.41. The Morgan fingerprint density at radius 3 is 2.07 bits per heavy atom. The van der Waals surface area contributed by atoms with E-state index in [-0.39, 0.29) is 12.5 Å². The Kier molecular flexibility index (Phi) is 7.44. The van der Waals surface area contributed by atoms with Crippen LogP contribution in [0.1, 0.15) is 33.3 Å². The van der Waals surface area contributed by atoms with Crippen molar-refractivity contribution in [2.75, 3.05) is 6.61 Å². The van der Waals surface area contributed by atoms with Gasteiger partial charge in [-0.3, -0.25) is 4.79 Å². The molecule has 2 aromatic carbocycles. The fourth-order valence-electron chi connectivity index (χ4n) is 2.27. The number of hydrogen-bond donors (Lipinski definition) is 1. The SMILES string of the molecule is C[C@@H](OC(=O)COc1ccc(OCc2ccccc2)cc1)C(=O)NC(C)(C)C. The number of hydrogen-bond acceptors (Lipinski definition) is 5. The predicted molar refractivity (Wildman–Crippen MR) is 106 cm³/mol. The van der Waals surface area contributed by atoms with Crippen LogP contribution in [0.2, 0.25) is 0 Å². The molecule has 1 N–H and O–H groups in total. The van der Waals surface area contributed by atoms with Crippen LogP contribution in [0.4, 0.5) is 0 Å². The molecule has 0 aromatic heterocycles. The van der Waals surface area contributed by atoms with Gasteiger partial charge in [0.05, 0.1) is 0 Å². The zero-order chi connectivity index (χ0) is 20.6. The van der Waals surface area contributed by atoms with Crippen molar-refractivity contribution in [3.8, 4) is 11.5 Å². The molecule has 0 spiro atoms. The molecule has 0 saturated carbocycles. The summed E-state index contributed by atoms with van der Waals surface area (Å²) in [6, 6.07) is 16.8. The first kappa shape index (κ1) is 21.3. The van der Waals surface area contributed by atoms with Gasteiger partial charge >= 0.3 is 5.97 Å². The molecule has 2 rings (SSSR count). The van der Waals surface area contributed by atoms with Crippen LogP contribution in [0.3, 0.4) is 0 Å². The summed E-state index contributed by atoms with van der Waals surface area (Å²) < 4.78 is 16.2. The van der Waals surface area contributed by atoms with Gasteiger partial charge in [0.25, 0.3) is 5.91 Å². The van der Waals surface area contributed by atoms with Crippen molar-refractivity contribution in [1.82, 2.24) is 5.32 Å². The monoisotopic (exact) mass is 385 g/mol. The Hall–Kier alpha value is -3.02. The van der Waals surface area contributed by atoms with Crippen LogP contribution in [0.25, 0.3) is 0 Å². The molecule has 0 radical (unpaired) electrons. The van der Waals surface area contributed by atoms with E-state index >= 15 is 0 Å². The van der Waals surface area contributed by atoms with E-state index in [0.29, 0.717) is 18.1 Å². The summed E-state index contributed by atoms with van der Waals surface area (Å²) in [5.74, 6) is 0.254. The molecule has 6 nitrogen and oxygen atoms in total. The third-order valence-corrected chi connectivity index (χ3v) is 3.60. The van der Waals surface area contributed by atoms with E-state index in [0.717, 1.165) is 5.56 Å². The van der Waals surface area contributed by atoms with E-state index in [4.69, 9.17) is 14.2 Å². The lowest BCUT2D eigenvalue weighted by Gasteiger charge is -2.23. The molecule has 1 atom stereocenters. The highest BCUT2D eigenvalue weighted by Crippen LogP contribution is 2.18. The maximum Gasteiger partial charge on any atom is 0.344 e. The van der Waals surface area contributed by atoms with Crippen LogP contribution >= 0.6 is 0 Å². The van der Waals surface area contributed by atoms with Crippen molar-refractivity contribution < 1.29 is 23.8 Å². The smallest absolute Gasteiger partial charge is 0.344 e. The van der Waals surface area contributed by atoms with E-state index in [2.05, 4.69) is 5.32 Å². The maximum atomic E-state index is 11.9. The van der Waals surface area contributed by atoms with Crippen molar-refractivity contribution in [3.63, 3.8) is 0 Å². The van der Waals surface area contributed by atoms with Gasteiger partial charge in [0.1, 0.15) is 18.1 Å². The molecule has 150 valence electrons. The van der Waals surface area contributed by atoms with Gasteiger partial charge in [-0.15, -0.1) is 0 Å². The molecule has 2 aromatic rings. The van der Waals surface area contributed by atoms with E-state index in [1.54, 1.807) is 24.3 Å². The molecule has 0 saturated heterocycles. The lowest BCUT2D eigenvalue weighted by molar-refractivity contribution is -0.157. The summed E-state index contributed by atoms with van der Waals surface area (Å²) in [4.78, 5) is 23.8. The number of benzene rings is 2. The van der Waals surface area contributed by atoms with Crippen LogP contribution in [-0.4, -0.2) is 30.1 Å². The Labute approximate surface area is 165 Å². The Balaban J connectivity index is 1.74. The number of rotatable bonds is 8. The van der Waals surface area contributed by atoms with Gasteiger partial charge in [0.15, 0.2) is 12.7 Å². The molecular formula is C22H27NO5. The summed E-state index contributed by atoms with van der Waals surface area (Å²) in [7, 11) is 0. The molecule has 0 aliphatic carbocycles. The van der Waals surface area contributed by atoms with Crippen molar-refractivity contribution in [3.05, 3.63) is 60.2 Å². The van der Waals surface area contributed by atoms with Crippen molar-refractivity contribution >= 4 is 11.9 Å². The van der Waals surface area contributed by atoms with Crippen LogP contribution < -0.4 is 14.8 Å². The quantitative estimate of drug-likeness (QED) is 0.704. The first-order valence-corrected chi connectivity index (χ1v) is 9.14. The summed E-state index contributed by atoms with van der Waals surface area (Å²) in [6.45, 7) is 7.29. The molecular weight excluding hydrogens is 358 g/mol. The predicted octanol–water partition coefficient (Wildman–Crippen LogP) is 3.49. The van der Waals surface area contributed by atoms with E-state index in [1.807, 2.05) is 51.1 Å². The zero-order valence-corrected chi connectivity index (χ0v) is 16.7. The molecule has 0 aliphatic heterocycles. The normalized spacial score (nSPS) is 12.0. The van der Waals surface area contributed by atoms with Gasteiger partial charge in [0.2, 0.25) is 0 Å². The van der Waals surface area contributed by atoms with Crippen LogP contribution in [0, 0.1) is 0 Å². The minimum atomic E-state index is -0.885. The zero-order valence-electron chi connectivity index (χ0n) is 16.7. The molecule has 6 heteroatoms. The second-order valence-electron chi connectivity index (χ2n) is 7.41. The fourth-order valence-corrected chi connectivity index (χ4v) is 2.27. The average Bonchev–Trinajstić information content (AvgIpc) is 2.65. The van der Waals surface area contributed by atoms with Gasteiger partial charge in [-0.25, -0.2) is 4.79 Å². The molecule has 28 heavy (non-hydrogen) atoms. The van der Waals surface area contributed by atoms with Gasteiger partial charge in [0, 0.05) is 5.54 Å². The fraction of sp³-hybridized carbons (Fsp3) is 0.364. The van der Waals surface area contributed by atoms with Gasteiger partial charge in [-0.1, -0.05) is 30.3 Å². The summed E-state index contributed by atoms with van der Waals surface area (Å²) in [6.07, 6.45) is -0.885. The molecule has 0 aliphatic rings. The molecule has 0 unspecified atom stereocenters. The number of ether oxygens (including phenoxy) is 3. The highest BCUT2D eigenvalue weighted by molar-refractivity contribution is 5.84. The molecule has 1 amide bonds. The number of amides is 1. The third-order valence-electron chi connectivity index (χ3n) is 3.60. The standard InChI is InChI=1S/C22H27NO5/c1-16(21(25)23-22(2,3)4)28-20(24)15-27-19-12-10-18(11-13-19)26-14-17-8-6-5-7-9-17/h5-13,16H,14-15H2,1-4H3,(H,23,25)/t16-/m1/s1. The Morgan fingerprint density at radius 2 is 1.50 bits per heavy atom. The lowest BCUT2D eigenvalue weighted by Crippen LogP contribution is -2.46. The topological polar surface area (TPSA) is 73.9 Å². The summed E-state index contributed by atoms with van der Waals surface area (Å²) >= 11 is 0. The second kappa shape index (κ2) is 9.78. The van der Waals surface area contributed by atoms with Gasteiger partial charge in [-0.05, 0) is 57.5 Å². The van der Waals surface area contributed by atoms with Crippen LogP contribution in [-0.2, 0) is 20.9 Å². The van der Waals surface area contributed by atoms with Crippen molar-refractivity contribution in [2.45, 2.75) is 45.9 Å². The van der Waals surface area contributed by atoms with Crippen molar-refractivity contribution in [2.24, 2.45) is 0 Å². The first-order valence-electron chi connectivity index (χ1n) is 9.14. The molecule has 0 heterocycles. The van der Waals surface area contributed by atoms with E-state index < -0.39 is 17.6 Å². The Morgan fingerprint density at radius 1 is 0.929 bits per heavy atom. The lowest BCUT2D eigenvalue weighted by atomic mass is 10.1. The number of nitrogens with one attached hydrogen (secondary N) is 1. The molecule has 0 bridgehead atoms. The average molecular weight is 385 g/mol.